The van der Waals surface area contributed by atoms with Gasteiger partial charge < -0.3 is 84.8 Å². The fourth-order valence-corrected chi connectivity index (χ4v) is 5.16. The highest BCUT2D eigenvalue weighted by Gasteiger charge is 2.53. The topological polar surface area (TPSA) is 287 Å². The number of thiol groups is 1. The van der Waals surface area contributed by atoms with Crippen LogP contribution in [-0.2, 0) is 33.2 Å². The fraction of sp³-hybridized carbons (Fsp3) is 0.960. The molecule has 3 rings (SSSR count). The van der Waals surface area contributed by atoms with Crippen LogP contribution in [0, 0.1) is 0 Å². The molecule has 15 unspecified atom stereocenters. The molecule has 0 bridgehead atoms. The Morgan fingerprint density at radius 2 is 1.18 bits per heavy atom. The molecule has 19 heteroatoms. The van der Waals surface area contributed by atoms with E-state index in [0.717, 1.165) is 0 Å². The van der Waals surface area contributed by atoms with Crippen molar-refractivity contribution < 1.29 is 84.3 Å². The van der Waals surface area contributed by atoms with E-state index >= 15 is 0 Å². The molecule has 3 saturated heterocycles. The van der Waals surface area contributed by atoms with E-state index in [1.807, 2.05) is 0 Å². The summed E-state index contributed by atoms with van der Waals surface area (Å²) in [5, 5.41) is 105. The second-order valence-electron chi connectivity index (χ2n) is 10.7. The zero-order valence-electron chi connectivity index (χ0n) is 23.8. The first-order valence-electron chi connectivity index (χ1n) is 14.3. The summed E-state index contributed by atoms with van der Waals surface area (Å²) in [4.78, 5) is 11.7. The number of rotatable bonds is 15. The molecule has 11 N–H and O–H groups in total. The molecule has 0 aromatic carbocycles. The van der Waals surface area contributed by atoms with Gasteiger partial charge in [0.25, 0.3) is 0 Å². The molecule has 0 aromatic heterocycles. The van der Waals surface area contributed by atoms with Crippen molar-refractivity contribution in [2.45, 2.75) is 111 Å². The number of nitrogens with one attached hydrogen (secondary N) is 1. The summed E-state index contributed by atoms with van der Waals surface area (Å²) in [5.41, 5.74) is 0. The molecule has 0 aliphatic carbocycles. The van der Waals surface area contributed by atoms with Crippen molar-refractivity contribution >= 4 is 18.5 Å². The van der Waals surface area contributed by atoms with Gasteiger partial charge in [-0.25, -0.2) is 0 Å². The molecule has 44 heavy (non-hydrogen) atoms. The zero-order valence-corrected chi connectivity index (χ0v) is 24.7. The van der Waals surface area contributed by atoms with Gasteiger partial charge in [0.15, 0.2) is 18.9 Å². The maximum Gasteiger partial charge on any atom is 0.220 e. The van der Waals surface area contributed by atoms with Gasteiger partial charge in [0, 0.05) is 13.0 Å². The van der Waals surface area contributed by atoms with Crippen LogP contribution in [0.1, 0.15) is 19.3 Å². The first kappa shape index (κ1) is 37.6. The average Bonchev–Trinajstić information content (AvgIpc) is 3.02. The van der Waals surface area contributed by atoms with E-state index in [9.17, 15) is 55.9 Å². The second kappa shape index (κ2) is 17.9. The smallest absolute Gasteiger partial charge is 0.220 e. The molecular weight excluding hydrogens is 618 g/mol. The fourth-order valence-electron chi connectivity index (χ4n) is 5.00. The van der Waals surface area contributed by atoms with Crippen LogP contribution in [-0.4, -0.2) is 188 Å². The maximum atomic E-state index is 11.7. The van der Waals surface area contributed by atoms with Crippen LogP contribution >= 0.6 is 12.6 Å². The number of hydrogen-bond donors (Lipinski definition) is 12. The van der Waals surface area contributed by atoms with E-state index in [0.29, 0.717) is 25.0 Å². The Morgan fingerprint density at radius 1 is 0.636 bits per heavy atom. The molecule has 3 aliphatic heterocycles. The Kier molecular flexibility index (Phi) is 15.3. The minimum atomic E-state index is -1.92. The minimum absolute atomic E-state index is 0.0163. The van der Waals surface area contributed by atoms with E-state index in [1.54, 1.807) is 0 Å². The lowest BCUT2D eigenvalue weighted by atomic mass is 9.96. The van der Waals surface area contributed by atoms with E-state index in [1.165, 1.54) is 0 Å². The largest absolute Gasteiger partial charge is 0.394 e. The minimum Gasteiger partial charge on any atom is -0.394 e. The van der Waals surface area contributed by atoms with E-state index in [2.05, 4.69) is 17.9 Å². The summed E-state index contributed by atoms with van der Waals surface area (Å²) in [5.74, 6) is 0.436. The number of carbonyl (C=O) groups is 1. The highest BCUT2D eigenvalue weighted by molar-refractivity contribution is 7.80. The van der Waals surface area contributed by atoms with Crippen molar-refractivity contribution in [3.05, 3.63) is 0 Å². The van der Waals surface area contributed by atoms with E-state index in [4.69, 9.17) is 28.4 Å². The Morgan fingerprint density at radius 3 is 1.80 bits per heavy atom. The molecule has 0 spiro atoms. The van der Waals surface area contributed by atoms with Crippen LogP contribution in [0.5, 0.6) is 0 Å². The van der Waals surface area contributed by atoms with Crippen LogP contribution in [0.4, 0.5) is 0 Å². The highest BCUT2D eigenvalue weighted by atomic mass is 32.1. The van der Waals surface area contributed by atoms with Gasteiger partial charge in [0.05, 0.1) is 26.4 Å². The van der Waals surface area contributed by atoms with E-state index in [-0.39, 0.29) is 19.1 Å². The maximum absolute atomic E-state index is 11.7. The van der Waals surface area contributed by atoms with Crippen molar-refractivity contribution in [3.8, 4) is 0 Å². The van der Waals surface area contributed by atoms with Crippen LogP contribution in [0.2, 0.25) is 0 Å². The number of ether oxygens (including phenoxy) is 6. The SMILES string of the molecule is O=C(CCCS)NCCCOC1OC(CO)C(OC2OC(CO)C(O)C(OC3OC(CO)C(O)C(O)C3O)C2O)C(O)C1O. The van der Waals surface area contributed by atoms with Gasteiger partial charge in [-0.15, -0.1) is 0 Å². The van der Waals surface area contributed by atoms with Crippen LogP contribution in [0.25, 0.3) is 0 Å². The summed E-state index contributed by atoms with van der Waals surface area (Å²) in [6.07, 6.45) is -23.5. The molecule has 0 aromatic rings. The summed E-state index contributed by atoms with van der Waals surface area (Å²) in [7, 11) is 0. The molecule has 3 aliphatic rings. The number of hydrogen-bond acceptors (Lipinski definition) is 18. The normalized spacial score (nSPS) is 43.1. The van der Waals surface area contributed by atoms with Gasteiger partial charge in [0.1, 0.15) is 73.2 Å². The third kappa shape index (κ3) is 9.16. The third-order valence-corrected chi connectivity index (χ3v) is 7.88. The van der Waals surface area contributed by atoms with Crippen molar-refractivity contribution in [2.75, 3.05) is 38.7 Å². The number of aliphatic hydroxyl groups is 10. The first-order chi connectivity index (χ1) is 21.0. The summed E-state index contributed by atoms with van der Waals surface area (Å²) < 4.78 is 33.0. The standard InChI is InChI=1S/C25H45NO17S/c27-7-10-14(31)16(33)18(35)24(39-10)43-22-15(32)11(8-28)40-25(20(22)37)42-21-12(9-29)41-23(19(36)17(21)34)38-5-2-4-26-13(30)3-1-6-44/h10-12,14-25,27-29,31-37,44H,1-9H2,(H,26,30). The van der Waals surface area contributed by atoms with Gasteiger partial charge in [-0.1, -0.05) is 0 Å². The number of aliphatic hydroxyl groups excluding tert-OH is 10. The molecule has 258 valence electrons. The van der Waals surface area contributed by atoms with Crippen molar-refractivity contribution in [1.29, 1.82) is 0 Å². The summed E-state index contributed by atoms with van der Waals surface area (Å²) >= 11 is 4.05. The zero-order chi connectivity index (χ0) is 32.6. The quantitative estimate of drug-likeness (QED) is 0.0573. The molecule has 0 radical (unpaired) electrons. The predicted molar refractivity (Wildman–Crippen MR) is 146 cm³/mol. The molecule has 3 fully saturated rings. The Balaban J connectivity index is 1.62. The van der Waals surface area contributed by atoms with Gasteiger partial charge in [-0.05, 0) is 18.6 Å². The highest BCUT2D eigenvalue weighted by Crippen LogP contribution is 2.32. The monoisotopic (exact) mass is 663 g/mol. The average molecular weight is 664 g/mol. The van der Waals surface area contributed by atoms with Gasteiger partial charge in [-0.2, -0.15) is 12.6 Å². The third-order valence-electron chi connectivity index (χ3n) is 7.56. The number of amides is 1. The molecule has 3 heterocycles. The predicted octanol–water partition coefficient (Wildman–Crippen LogP) is -6.33. The molecular formula is C25H45NO17S. The van der Waals surface area contributed by atoms with Crippen molar-refractivity contribution in [1.82, 2.24) is 5.32 Å². The lowest BCUT2D eigenvalue weighted by Gasteiger charge is -2.48. The summed E-state index contributed by atoms with van der Waals surface area (Å²) in [6, 6.07) is 0. The molecule has 1 amide bonds. The lowest BCUT2D eigenvalue weighted by Crippen LogP contribution is -2.66. The van der Waals surface area contributed by atoms with Crippen LogP contribution in [0.3, 0.4) is 0 Å². The van der Waals surface area contributed by atoms with Gasteiger partial charge in [0.2, 0.25) is 5.91 Å². The Labute approximate surface area is 258 Å². The van der Waals surface area contributed by atoms with Crippen LogP contribution < -0.4 is 5.32 Å². The molecule has 15 atom stereocenters. The van der Waals surface area contributed by atoms with Crippen molar-refractivity contribution in [3.63, 3.8) is 0 Å². The second-order valence-corrected chi connectivity index (χ2v) is 11.2. The van der Waals surface area contributed by atoms with Gasteiger partial charge >= 0.3 is 0 Å². The van der Waals surface area contributed by atoms with Gasteiger partial charge in [-0.3, -0.25) is 4.79 Å². The Hall–Kier alpha value is -0.820. The Bertz CT molecular complexity index is 859. The van der Waals surface area contributed by atoms with Crippen molar-refractivity contribution in [2.24, 2.45) is 0 Å². The van der Waals surface area contributed by atoms with Crippen LogP contribution in [0.15, 0.2) is 0 Å². The first-order valence-corrected chi connectivity index (χ1v) is 15.0. The van der Waals surface area contributed by atoms with E-state index < -0.39 is 112 Å². The summed E-state index contributed by atoms with van der Waals surface area (Å²) in [6.45, 7) is -2.02. The lowest BCUT2D eigenvalue weighted by molar-refractivity contribution is -0.380. The number of carbonyl (C=O) groups excluding carboxylic acids is 1. The molecule has 18 nitrogen and oxygen atoms in total. The molecule has 0 saturated carbocycles.